The molecule has 150 valence electrons. The highest BCUT2D eigenvalue weighted by molar-refractivity contribution is 5.89. The Labute approximate surface area is 167 Å². The van der Waals surface area contributed by atoms with Crippen LogP contribution in [-0.2, 0) is 6.54 Å². The van der Waals surface area contributed by atoms with E-state index >= 15 is 0 Å². The Balaban J connectivity index is 1.72. The number of hydrogen-bond donors (Lipinski definition) is 2. The monoisotopic (exact) mass is 395 g/mol. The lowest BCUT2D eigenvalue weighted by atomic mass is 10.1. The van der Waals surface area contributed by atoms with Gasteiger partial charge in [0.1, 0.15) is 11.6 Å². The molecule has 3 aromatic rings. The molecule has 9 nitrogen and oxygen atoms in total. The van der Waals surface area contributed by atoms with Crippen molar-refractivity contribution in [1.29, 1.82) is 0 Å². The summed E-state index contributed by atoms with van der Waals surface area (Å²) in [5.41, 5.74) is 2.64. The Morgan fingerprint density at radius 2 is 2.03 bits per heavy atom. The van der Waals surface area contributed by atoms with Crippen LogP contribution in [0.25, 0.3) is 11.3 Å². The number of imidazole rings is 1. The number of nitrogens with zero attached hydrogens (tertiary/aromatic N) is 3. The molecule has 0 aliphatic carbocycles. The van der Waals surface area contributed by atoms with Gasteiger partial charge in [-0.15, -0.1) is 0 Å². The minimum atomic E-state index is -0.441. The van der Waals surface area contributed by atoms with Gasteiger partial charge in [0.15, 0.2) is 0 Å². The van der Waals surface area contributed by atoms with Gasteiger partial charge in [-0.25, -0.2) is 9.78 Å². The number of H-pyrrole nitrogens is 1. The molecular weight excluding hydrogens is 374 g/mol. The van der Waals surface area contributed by atoms with Gasteiger partial charge in [-0.05, 0) is 19.1 Å². The highest BCUT2D eigenvalue weighted by Crippen LogP contribution is 2.25. The number of methoxy groups -OCH3 is 1. The summed E-state index contributed by atoms with van der Waals surface area (Å²) in [6, 6.07) is 13.1. The predicted molar refractivity (Wildman–Crippen MR) is 109 cm³/mol. The molecule has 0 saturated carbocycles. The summed E-state index contributed by atoms with van der Waals surface area (Å²) >= 11 is 0. The molecule has 0 fully saturated rings. The van der Waals surface area contributed by atoms with Gasteiger partial charge in [0.25, 0.3) is 5.69 Å². The van der Waals surface area contributed by atoms with E-state index < -0.39 is 4.92 Å². The Morgan fingerprint density at radius 1 is 1.28 bits per heavy atom. The first kappa shape index (κ1) is 19.9. The number of rotatable bonds is 6. The molecule has 0 saturated heterocycles. The number of nitrogens with one attached hydrogen (secondary N) is 2. The number of aromatic nitrogens is 2. The van der Waals surface area contributed by atoms with Crippen molar-refractivity contribution in [3.05, 3.63) is 70.2 Å². The average molecular weight is 395 g/mol. The number of hydrogen-bond acceptors (Lipinski definition) is 5. The van der Waals surface area contributed by atoms with Crippen molar-refractivity contribution in [2.24, 2.45) is 0 Å². The van der Waals surface area contributed by atoms with Gasteiger partial charge in [0, 0.05) is 42.2 Å². The largest absolute Gasteiger partial charge is 0.497 e. The molecule has 2 amide bonds. The number of aryl methyl sites for hydroxylation is 1. The molecule has 0 aliphatic rings. The summed E-state index contributed by atoms with van der Waals surface area (Å²) in [6.07, 6.45) is 0. The number of urea groups is 1. The minimum Gasteiger partial charge on any atom is -0.497 e. The van der Waals surface area contributed by atoms with Gasteiger partial charge >= 0.3 is 6.03 Å². The molecule has 0 aliphatic heterocycles. The normalized spacial score (nSPS) is 10.4. The van der Waals surface area contributed by atoms with E-state index in [4.69, 9.17) is 4.74 Å². The molecule has 0 spiro atoms. The quantitative estimate of drug-likeness (QED) is 0.484. The average Bonchev–Trinajstić information content (AvgIpc) is 3.08. The molecule has 1 heterocycles. The fourth-order valence-corrected chi connectivity index (χ4v) is 2.86. The van der Waals surface area contributed by atoms with E-state index in [1.165, 1.54) is 17.0 Å². The van der Waals surface area contributed by atoms with Gasteiger partial charge in [-0.3, -0.25) is 10.1 Å². The molecule has 9 heteroatoms. The van der Waals surface area contributed by atoms with E-state index in [2.05, 4.69) is 15.3 Å². The number of benzene rings is 2. The molecule has 0 atom stereocenters. The Hall–Kier alpha value is -3.88. The smallest absolute Gasteiger partial charge is 0.321 e. The number of nitro benzene ring substituents is 1. The van der Waals surface area contributed by atoms with Crippen molar-refractivity contribution in [2.45, 2.75) is 13.5 Å². The summed E-state index contributed by atoms with van der Waals surface area (Å²) in [6.45, 7) is 2.08. The van der Waals surface area contributed by atoms with Crippen molar-refractivity contribution in [3.8, 4) is 17.0 Å². The van der Waals surface area contributed by atoms with Gasteiger partial charge < -0.3 is 19.9 Å². The SMILES string of the molecule is COc1cccc(NC(=O)N(C)Cc2nc(-c3cccc([N+](=O)[O-])c3)c(C)[nH]2)c1. The third-order valence-corrected chi connectivity index (χ3v) is 4.32. The van der Waals surface area contributed by atoms with Crippen molar-refractivity contribution < 1.29 is 14.5 Å². The van der Waals surface area contributed by atoms with Gasteiger partial charge in [-0.2, -0.15) is 0 Å². The van der Waals surface area contributed by atoms with Crippen LogP contribution in [0.4, 0.5) is 16.2 Å². The van der Waals surface area contributed by atoms with Crippen LogP contribution in [0.15, 0.2) is 48.5 Å². The third kappa shape index (κ3) is 4.70. The highest BCUT2D eigenvalue weighted by Gasteiger charge is 2.16. The number of amides is 2. The van der Waals surface area contributed by atoms with Crippen LogP contribution in [0, 0.1) is 17.0 Å². The van der Waals surface area contributed by atoms with E-state index in [1.807, 2.05) is 6.92 Å². The number of carbonyl (C=O) groups is 1. The standard InChI is InChI=1S/C20H21N5O4/c1-13-19(14-6-4-8-16(10-14)25(27)28)23-18(21-13)12-24(2)20(26)22-15-7-5-9-17(11-15)29-3/h4-11H,12H2,1-3H3,(H,21,23)(H,22,26). The third-order valence-electron chi connectivity index (χ3n) is 4.32. The van der Waals surface area contributed by atoms with Crippen LogP contribution in [0.2, 0.25) is 0 Å². The van der Waals surface area contributed by atoms with Gasteiger partial charge in [-0.1, -0.05) is 18.2 Å². The van der Waals surface area contributed by atoms with Crippen LogP contribution >= 0.6 is 0 Å². The Bertz CT molecular complexity index is 1050. The van der Waals surface area contributed by atoms with Crippen LogP contribution in [0.3, 0.4) is 0 Å². The van der Waals surface area contributed by atoms with Crippen LogP contribution < -0.4 is 10.1 Å². The molecule has 3 rings (SSSR count). The molecule has 29 heavy (non-hydrogen) atoms. The van der Waals surface area contributed by atoms with Crippen molar-refractivity contribution in [2.75, 3.05) is 19.5 Å². The zero-order valence-corrected chi connectivity index (χ0v) is 16.3. The number of ether oxygens (including phenoxy) is 1. The Morgan fingerprint density at radius 3 is 2.76 bits per heavy atom. The van der Waals surface area contributed by atoms with Crippen LogP contribution in [0.5, 0.6) is 5.75 Å². The maximum absolute atomic E-state index is 12.5. The van der Waals surface area contributed by atoms with Crippen molar-refractivity contribution >= 4 is 17.4 Å². The second-order valence-electron chi connectivity index (χ2n) is 6.48. The number of carbonyl (C=O) groups excluding carboxylic acids is 1. The molecule has 0 unspecified atom stereocenters. The van der Waals surface area contributed by atoms with Crippen molar-refractivity contribution in [1.82, 2.24) is 14.9 Å². The topological polar surface area (TPSA) is 113 Å². The summed E-state index contributed by atoms with van der Waals surface area (Å²) in [7, 11) is 3.21. The summed E-state index contributed by atoms with van der Waals surface area (Å²) in [4.78, 5) is 32.2. The van der Waals surface area contributed by atoms with E-state index in [0.29, 0.717) is 28.5 Å². The van der Waals surface area contributed by atoms with E-state index in [1.54, 1.807) is 50.6 Å². The minimum absolute atomic E-state index is 0.00114. The van der Waals surface area contributed by atoms with E-state index in [0.717, 1.165) is 5.69 Å². The molecule has 0 bridgehead atoms. The first-order chi connectivity index (χ1) is 13.9. The molecule has 2 aromatic carbocycles. The molecular formula is C20H21N5O4. The summed E-state index contributed by atoms with van der Waals surface area (Å²) < 4.78 is 5.15. The Kier molecular flexibility index (Phi) is 5.77. The van der Waals surface area contributed by atoms with E-state index in [9.17, 15) is 14.9 Å². The lowest BCUT2D eigenvalue weighted by molar-refractivity contribution is -0.384. The second kappa shape index (κ2) is 8.42. The first-order valence-corrected chi connectivity index (χ1v) is 8.84. The van der Waals surface area contributed by atoms with Crippen molar-refractivity contribution in [3.63, 3.8) is 0 Å². The van der Waals surface area contributed by atoms with Gasteiger partial charge in [0.2, 0.25) is 0 Å². The number of anilines is 1. The van der Waals surface area contributed by atoms with Crippen LogP contribution in [0.1, 0.15) is 11.5 Å². The predicted octanol–water partition coefficient (Wildman–Crippen LogP) is 3.97. The molecule has 2 N–H and O–H groups in total. The lowest BCUT2D eigenvalue weighted by Gasteiger charge is -2.17. The zero-order chi connectivity index (χ0) is 21.0. The maximum atomic E-state index is 12.5. The molecule has 1 aromatic heterocycles. The fourth-order valence-electron chi connectivity index (χ4n) is 2.86. The van der Waals surface area contributed by atoms with Crippen LogP contribution in [-0.4, -0.2) is 40.0 Å². The molecule has 0 radical (unpaired) electrons. The maximum Gasteiger partial charge on any atom is 0.321 e. The first-order valence-electron chi connectivity index (χ1n) is 8.84. The number of nitro groups is 1. The fraction of sp³-hybridized carbons (Fsp3) is 0.200. The second-order valence-corrected chi connectivity index (χ2v) is 6.48. The number of aromatic amines is 1. The van der Waals surface area contributed by atoms with Gasteiger partial charge in [0.05, 0.1) is 24.3 Å². The highest BCUT2D eigenvalue weighted by atomic mass is 16.6. The summed E-state index contributed by atoms with van der Waals surface area (Å²) in [5, 5.41) is 13.8. The van der Waals surface area contributed by atoms with E-state index in [-0.39, 0.29) is 18.3 Å². The zero-order valence-electron chi connectivity index (χ0n) is 16.3. The number of non-ortho nitro benzene ring substituents is 1. The lowest BCUT2D eigenvalue weighted by Crippen LogP contribution is -2.31. The summed E-state index contributed by atoms with van der Waals surface area (Å²) in [5.74, 6) is 1.22.